The van der Waals surface area contributed by atoms with Crippen LogP contribution in [-0.4, -0.2) is 15.0 Å². The zero-order valence-electron chi connectivity index (χ0n) is 10.8. The summed E-state index contributed by atoms with van der Waals surface area (Å²) in [4.78, 5) is 11.5. The molecule has 0 aliphatic heterocycles. The molecule has 0 fully saturated rings. The average molecular weight is 342 g/mol. The molecule has 3 nitrogen and oxygen atoms in total. The summed E-state index contributed by atoms with van der Waals surface area (Å²) in [6.45, 7) is 6.21. The minimum atomic E-state index is -0.379. The van der Waals surface area contributed by atoms with Crippen LogP contribution in [0, 0.1) is 10.5 Å². The van der Waals surface area contributed by atoms with Crippen LogP contribution in [0.1, 0.15) is 26.5 Å². The maximum atomic E-state index is 12.9. The van der Waals surface area contributed by atoms with E-state index < -0.39 is 0 Å². The lowest BCUT2D eigenvalue weighted by Gasteiger charge is -2.21. The van der Waals surface area contributed by atoms with Gasteiger partial charge in [0.2, 0.25) is 0 Å². The summed E-state index contributed by atoms with van der Waals surface area (Å²) in [5.41, 5.74) is 1.38. The number of aromatic nitrogens is 3. The fourth-order valence-corrected chi connectivity index (χ4v) is 2.59. The van der Waals surface area contributed by atoms with Gasteiger partial charge in [0, 0.05) is 11.1 Å². The van der Waals surface area contributed by atoms with Crippen molar-refractivity contribution in [1.29, 1.82) is 0 Å². The lowest BCUT2D eigenvalue weighted by molar-refractivity contribution is 0.563. The van der Waals surface area contributed by atoms with Gasteiger partial charge in [-0.25, -0.2) is 14.4 Å². The van der Waals surface area contributed by atoms with Crippen molar-refractivity contribution in [1.82, 2.24) is 15.0 Å². The molecule has 100 valence electrons. The van der Waals surface area contributed by atoms with Gasteiger partial charge in [0.1, 0.15) is 16.2 Å². The fourth-order valence-electron chi connectivity index (χ4n) is 1.61. The van der Waals surface area contributed by atoms with E-state index in [1.54, 1.807) is 6.07 Å². The van der Waals surface area contributed by atoms with E-state index in [1.165, 1.54) is 6.07 Å². The molecule has 0 aromatic carbocycles. The van der Waals surface area contributed by atoms with E-state index in [9.17, 15) is 4.39 Å². The average Bonchev–Trinajstić information content (AvgIpc) is 2.32. The molecule has 0 unspecified atom stereocenters. The molecule has 2 rings (SSSR count). The molecule has 0 amide bonds. The maximum absolute atomic E-state index is 12.9. The van der Waals surface area contributed by atoms with Crippen molar-refractivity contribution in [3.8, 4) is 11.5 Å². The third-order valence-electron chi connectivity index (χ3n) is 2.58. The first-order valence-electron chi connectivity index (χ1n) is 5.71. The molecule has 0 radical (unpaired) electrons. The first-order valence-corrected chi connectivity index (χ1v) is 6.91. The molecule has 0 saturated carbocycles. The maximum Gasteiger partial charge on any atom is 0.157 e. The van der Waals surface area contributed by atoms with Gasteiger partial charge in [-0.2, -0.15) is 0 Å². The van der Waals surface area contributed by atoms with E-state index in [2.05, 4.69) is 51.7 Å². The summed E-state index contributed by atoms with van der Waals surface area (Å²) in [6, 6.07) is 2.92. The van der Waals surface area contributed by atoms with Crippen LogP contribution >= 0.6 is 28.1 Å². The quantitative estimate of drug-likeness (QED) is 0.781. The van der Waals surface area contributed by atoms with Crippen molar-refractivity contribution in [2.45, 2.75) is 26.2 Å². The summed E-state index contributed by atoms with van der Waals surface area (Å²) in [5.74, 6) is 0.161. The van der Waals surface area contributed by atoms with E-state index in [1.807, 2.05) is 0 Å². The SMILES string of the molecule is CC(C)(C)c1[nH]c(-c2ccc(F)cn2)nc(=S)c1Br. The number of pyridine rings is 1. The molecule has 0 saturated heterocycles. The van der Waals surface area contributed by atoms with E-state index >= 15 is 0 Å². The number of rotatable bonds is 1. The smallest absolute Gasteiger partial charge is 0.157 e. The van der Waals surface area contributed by atoms with Gasteiger partial charge >= 0.3 is 0 Å². The Morgan fingerprint density at radius 2 is 2.00 bits per heavy atom. The van der Waals surface area contributed by atoms with Crippen molar-refractivity contribution in [3.05, 3.63) is 39.0 Å². The number of nitrogens with one attached hydrogen (secondary N) is 1. The minimum Gasteiger partial charge on any atom is -0.340 e. The normalized spacial score (nSPS) is 11.6. The van der Waals surface area contributed by atoms with Crippen molar-refractivity contribution in [2.75, 3.05) is 0 Å². The number of H-pyrrole nitrogens is 1. The van der Waals surface area contributed by atoms with E-state index in [0.717, 1.165) is 16.4 Å². The zero-order valence-corrected chi connectivity index (χ0v) is 13.2. The predicted molar refractivity (Wildman–Crippen MR) is 79.0 cm³/mol. The summed E-state index contributed by atoms with van der Waals surface area (Å²) >= 11 is 8.70. The topological polar surface area (TPSA) is 41.6 Å². The summed E-state index contributed by atoms with van der Waals surface area (Å²) in [5, 5.41) is 0. The number of hydrogen-bond donors (Lipinski definition) is 1. The van der Waals surface area contributed by atoms with E-state index in [0.29, 0.717) is 16.2 Å². The molecule has 19 heavy (non-hydrogen) atoms. The van der Waals surface area contributed by atoms with Gasteiger partial charge in [0.25, 0.3) is 0 Å². The summed E-state index contributed by atoms with van der Waals surface area (Å²) in [6.07, 6.45) is 1.16. The first kappa shape index (κ1) is 14.3. The van der Waals surface area contributed by atoms with Crippen LogP contribution in [0.5, 0.6) is 0 Å². The Labute approximate surface area is 124 Å². The van der Waals surface area contributed by atoms with Crippen LogP contribution in [0.15, 0.2) is 22.8 Å². The van der Waals surface area contributed by atoms with Gasteiger partial charge in [-0.1, -0.05) is 33.0 Å². The van der Waals surface area contributed by atoms with Crippen LogP contribution in [-0.2, 0) is 5.41 Å². The molecule has 2 heterocycles. The Balaban J connectivity index is 2.63. The zero-order chi connectivity index (χ0) is 14.2. The van der Waals surface area contributed by atoms with E-state index in [4.69, 9.17) is 12.2 Å². The Hall–Kier alpha value is -1.14. The Bertz CT molecular complexity index is 659. The molecule has 0 spiro atoms. The van der Waals surface area contributed by atoms with E-state index in [-0.39, 0.29) is 11.2 Å². The Morgan fingerprint density at radius 3 is 2.53 bits per heavy atom. The third-order valence-corrected chi connectivity index (χ3v) is 3.91. The molecule has 0 aliphatic carbocycles. The van der Waals surface area contributed by atoms with Gasteiger partial charge < -0.3 is 4.98 Å². The molecule has 0 aliphatic rings. The number of nitrogens with zero attached hydrogens (tertiary/aromatic N) is 2. The van der Waals surface area contributed by atoms with Crippen molar-refractivity contribution in [3.63, 3.8) is 0 Å². The second kappa shape index (κ2) is 5.09. The lowest BCUT2D eigenvalue weighted by atomic mass is 9.92. The number of hydrogen-bond acceptors (Lipinski definition) is 3. The van der Waals surface area contributed by atoms with Crippen molar-refractivity contribution >= 4 is 28.1 Å². The first-order chi connectivity index (χ1) is 8.79. The van der Waals surface area contributed by atoms with Crippen molar-refractivity contribution in [2.24, 2.45) is 0 Å². The molecule has 2 aromatic rings. The molecular formula is C13H13BrFN3S. The van der Waals surface area contributed by atoms with Gasteiger partial charge in [0.15, 0.2) is 5.82 Å². The predicted octanol–water partition coefficient (Wildman–Crippen LogP) is 4.40. The minimum absolute atomic E-state index is 0.121. The fraction of sp³-hybridized carbons (Fsp3) is 0.308. The second-order valence-electron chi connectivity index (χ2n) is 5.19. The summed E-state index contributed by atoms with van der Waals surface area (Å²) in [7, 11) is 0. The molecule has 6 heteroatoms. The monoisotopic (exact) mass is 341 g/mol. The number of aromatic amines is 1. The Kier molecular flexibility index (Phi) is 3.82. The highest BCUT2D eigenvalue weighted by Crippen LogP contribution is 2.29. The van der Waals surface area contributed by atoms with Crippen LogP contribution in [0.2, 0.25) is 0 Å². The van der Waals surface area contributed by atoms with Crippen LogP contribution in [0.25, 0.3) is 11.5 Å². The van der Waals surface area contributed by atoms with Gasteiger partial charge in [0.05, 0.1) is 10.7 Å². The summed E-state index contributed by atoms with van der Waals surface area (Å²) < 4.78 is 14.1. The third kappa shape index (κ3) is 3.06. The lowest BCUT2D eigenvalue weighted by Crippen LogP contribution is -2.16. The highest BCUT2D eigenvalue weighted by molar-refractivity contribution is 9.10. The largest absolute Gasteiger partial charge is 0.340 e. The van der Waals surface area contributed by atoms with Gasteiger partial charge in [-0.3, -0.25) is 0 Å². The highest BCUT2D eigenvalue weighted by atomic mass is 79.9. The second-order valence-corrected chi connectivity index (χ2v) is 6.37. The molecular weight excluding hydrogens is 329 g/mol. The molecule has 2 aromatic heterocycles. The van der Waals surface area contributed by atoms with Gasteiger partial charge in [-0.15, -0.1) is 0 Å². The van der Waals surface area contributed by atoms with Crippen LogP contribution in [0.3, 0.4) is 0 Å². The van der Waals surface area contributed by atoms with Gasteiger partial charge in [-0.05, 0) is 28.1 Å². The molecule has 0 atom stereocenters. The Morgan fingerprint density at radius 1 is 1.32 bits per heavy atom. The highest BCUT2D eigenvalue weighted by Gasteiger charge is 2.20. The van der Waals surface area contributed by atoms with Crippen LogP contribution < -0.4 is 0 Å². The van der Waals surface area contributed by atoms with Crippen molar-refractivity contribution < 1.29 is 4.39 Å². The van der Waals surface area contributed by atoms with Crippen LogP contribution in [0.4, 0.5) is 4.39 Å². The standard InChI is InChI=1S/C13H13BrFN3S/c1-13(2,3)10-9(14)12(19)18-11(17-10)8-5-4-7(15)6-16-8/h4-6H,1-3H3,(H,17,18,19). The molecule has 0 bridgehead atoms. The number of halogens is 2. The molecule has 1 N–H and O–H groups in total.